The Bertz CT molecular complexity index is 257. The summed E-state index contributed by atoms with van der Waals surface area (Å²) in [5.74, 6) is 0. The fraction of sp³-hybridized carbons (Fsp3) is 1.00. The first-order valence-electron chi connectivity index (χ1n) is 4.12. The zero-order valence-electron chi connectivity index (χ0n) is 7.54. The number of hydrogen-bond donors (Lipinski definition) is 4. The maximum absolute atomic E-state index is 9.43. The minimum atomic E-state index is -1.59. The number of ether oxygens (including phenoxy) is 1. The standard InChI is InChI=1S/C6H11N3O6/c7-8-9-15-5-4(12)3(11)2(1-10)14-6(5)13/h2-6,10-13H,1H2/t2-,3+,4+,5-,6-/m1/s1. The summed E-state index contributed by atoms with van der Waals surface area (Å²) in [5, 5.41) is 39.5. The molecule has 0 aromatic rings. The van der Waals surface area contributed by atoms with Gasteiger partial charge in [0.2, 0.25) is 0 Å². The van der Waals surface area contributed by atoms with Crippen molar-refractivity contribution in [3.63, 3.8) is 0 Å². The quantitative estimate of drug-likeness (QED) is 0.188. The first-order valence-corrected chi connectivity index (χ1v) is 4.12. The smallest absolute Gasteiger partial charge is 0.196 e. The van der Waals surface area contributed by atoms with Crippen LogP contribution in [-0.2, 0) is 9.57 Å². The minimum absolute atomic E-state index is 0.566. The maximum Gasteiger partial charge on any atom is 0.196 e. The Hall–Kier alpha value is -1.09. The first kappa shape index (κ1) is 12.0. The van der Waals surface area contributed by atoms with Crippen molar-refractivity contribution in [2.45, 2.75) is 30.7 Å². The van der Waals surface area contributed by atoms with Gasteiger partial charge in [0.1, 0.15) is 23.6 Å². The van der Waals surface area contributed by atoms with E-state index in [1.54, 1.807) is 0 Å². The van der Waals surface area contributed by atoms with Crippen LogP contribution in [0.25, 0.3) is 10.4 Å². The molecule has 15 heavy (non-hydrogen) atoms. The van der Waals surface area contributed by atoms with Gasteiger partial charge >= 0.3 is 0 Å². The number of hydrogen-bond acceptors (Lipinski definition) is 7. The van der Waals surface area contributed by atoms with Crippen LogP contribution in [0.1, 0.15) is 0 Å². The van der Waals surface area contributed by atoms with Gasteiger partial charge in [0.25, 0.3) is 0 Å². The molecule has 1 heterocycles. The Morgan fingerprint density at radius 2 is 2.00 bits per heavy atom. The molecule has 9 nitrogen and oxygen atoms in total. The highest BCUT2D eigenvalue weighted by Crippen LogP contribution is 2.22. The molecule has 0 aromatic heterocycles. The highest BCUT2D eigenvalue weighted by Gasteiger charge is 2.45. The van der Waals surface area contributed by atoms with Gasteiger partial charge in [0.15, 0.2) is 12.4 Å². The van der Waals surface area contributed by atoms with E-state index in [0.29, 0.717) is 0 Å². The van der Waals surface area contributed by atoms with Gasteiger partial charge in [-0.15, -0.1) is 0 Å². The largest absolute Gasteiger partial charge is 0.422 e. The summed E-state index contributed by atoms with van der Waals surface area (Å²) in [6.07, 6.45) is -7.04. The normalized spacial score (nSPS) is 40.7. The van der Waals surface area contributed by atoms with Crippen molar-refractivity contribution in [3.05, 3.63) is 10.4 Å². The van der Waals surface area contributed by atoms with Crippen molar-refractivity contribution in [1.82, 2.24) is 0 Å². The molecule has 1 rings (SSSR count). The lowest BCUT2D eigenvalue weighted by molar-refractivity contribution is -0.297. The van der Waals surface area contributed by atoms with Crippen LogP contribution in [0.3, 0.4) is 0 Å². The molecule has 0 spiro atoms. The Balaban J connectivity index is 2.69. The van der Waals surface area contributed by atoms with Crippen molar-refractivity contribution in [3.8, 4) is 0 Å². The van der Waals surface area contributed by atoms with E-state index >= 15 is 0 Å². The van der Waals surface area contributed by atoms with Crippen LogP contribution in [0.4, 0.5) is 0 Å². The van der Waals surface area contributed by atoms with Gasteiger partial charge in [-0.25, -0.2) is 0 Å². The Morgan fingerprint density at radius 3 is 2.53 bits per heavy atom. The highest BCUT2D eigenvalue weighted by atomic mass is 16.7. The van der Waals surface area contributed by atoms with Gasteiger partial charge in [-0.3, -0.25) is 0 Å². The summed E-state index contributed by atoms with van der Waals surface area (Å²) in [6, 6.07) is 0. The fourth-order valence-electron chi connectivity index (χ4n) is 1.26. The molecule has 1 saturated heterocycles. The first-order chi connectivity index (χ1) is 7.11. The van der Waals surface area contributed by atoms with Crippen molar-refractivity contribution < 1.29 is 30.0 Å². The zero-order valence-corrected chi connectivity index (χ0v) is 7.54. The molecule has 4 N–H and O–H groups in total. The van der Waals surface area contributed by atoms with E-state index in [1.807, 2.05) is 0 Å². The van der Waals surface area contributed by atoms with Crippen LogP contribution in [0.5, 0.6) is 0 Å². The van der Waals surface area contributed by atoms with Crippen molar-refractivity contribution in [2.24, 2.45) is 5.28 Å². The molecule has 0 radical (unpaired) electrons. The van der Waals surface area contributed by atoms with Gasteiger partial charge in [-0.2, -0.15) is 0 Å². The van der Waals surface area contributed by atoms with E-state index in [-0.39, 0.29) is 0 Å². The molecule has 9 heteroatoms. The third kappa shape index (κ3) is 2.48. The number of aliphatic hydroxyl groups is 4. The second-order valence-electron chi connectivity index (χ2n) is 2.97. The third-order valence-corrected chi connectivity index (χ3v) is 2.05. The Morgan fingerprint density at radius 1 is 1.33 bits per heavy atom. The number of azide groups is 1. The van der Waals surface area contributed by atoms with Gasteiger partial charge < -0.3 is 30.0 Å². The van der Waals surface area contributed by atoms with Gasteiger partial charge in [-0.05, 0) is 5.53 Å². The van der Waals surface area contributed by atoms with Gasteiger partial charge in [-0.1, -0.05) is 0 Å². The van der Waals surface area contributed by atoms with E-state index in [0.717, 1.165) is 0 Å². The Kier molecular flexibility index (Phi) is 4.09. The van der Waals surface area contributed by atoms with Gasteiger partial charge in [0.05, 0.1) is 6.61 Å². The molecule has 0 amide bonds. The predicted octanol–water partition coefficient (Wildman–Crippen LogP) is -1.97. The molecule has 1 fully saturated rings. The molecule has 0 bridgehead atoms. The SMILES string of the molecule is [N-]=[N+]=NO[C@@H]1[C@@H](O)[C@@H](O)[C@@H](CO)O[C@H]1O. The van der Waals surface area contributed by atoms with Crippen LogP contribution >= 0.6 is 0 Å². The van der Waals surface area contributed by atoms with E-state index < -0.39 is 37.3 Å². The summed E-state index contributed by atoms with van der Waals surface area (Å²) in [7, 11) is 0. The zero-order chi connectivity index (χ0) is 11.4. The minimum Gasteiger partial charge on any atom is -0.422 e. The van der Waals surface area contributed by atoms with Crippen LogP contribution in [0.15, 0.2) is 5.28 Å². The monoisotopic (exact) mass is 221 g/mol. The molecule has 1 aliphatic rings. The van der Waals surface area contributed by atoms with Crippen molar-refractivity contribution >= 4 is 0 Å². The maximum atomic E-state index is 9.43. The highest BCUT2D eigenvalue weighted by molar-refractivity contribution is 4.88. The molecule has 0 saturated carbocycles. The predicted molar refractivity (Wildman–Crippen MR) is 44.0 cm³/mol. The molecule has 1 aliphatic heterocycles. The van der Waals surface area contributed by atoms with E-state index in [2.05, 4.69) is 15.0 Å². The summed E-state index contributed by atoms with van der Waals surface area (Å²) >= 11 is 0. The van der Waals surface area contributed by atoms with E-state index in [4.69, 9.17) is 15.4 Å². The average molecular weight is 221 g/mol. The topological polar surface area (TPSA) is 148 Å². The molecule has 0 unspecified atom stereocenters. The van der Waals surface area contributed by atoms with Crippen LogP contribution < -0.4 is 0 Å². The number of nitrogens with zero attached hydrogens (tertiary/aromatic N) is 3. The fourth-order valence-corrected chi connectivity index (χ4v) is 1.26. The number of rotatable bonds is 3. The van der Waals surface area contributed by atoms with Crippen LogP contribution in [0, 0.1) is 0 Å². The molecule has 0 aromatic carbocycles. The third-order valence-electron chi connectivity index (χ3n) is 2.05. The lowest BCUT2D eigenvalue weighted by Gasteiger charge is -2.38. The summed E-state index contributed by atoms with van der Waals surface area (Å²) < 4.78 is 4.72. The Labute approximate surface area is 84.0 Å². The van der Waals surface area contributed by atoms with Gasteiger partial charge in [0, 0.05) is 4.91 Å². The van der Waals surface area contributed by atoms with E-state index in [1.165, 1.54) is 0 Å². The molecule has 86 valence electrons. The lowest BCUT2D eigenvalue weighted by atomic mass is 9.99. The van der Waals surface area contributed by atoms with Crippen molar-refractivity contribution in [1.29, 1.82) is 0 Å². The second kappa shape index (κ2) is 5.12. The molecule has 5 atom stereocenters. The summed E-state index contributed by atoms with van der Waals surface area (Å²) in [6.45, 7) is -0.566. The number of aliphatic hydroxyl groups excluding tert-OH is 4. The lowest BCUT2D eigenvalue weighted by Crippen LogP contribution is -2.58. The summed E-state index contributed by atoms with van der Waals surface area (Å²) in [4.78, 5) is 6.62. The molecule has 0 aliphatic carbocycles. The van der Waals surface area contributed by atoms with Crippen molar-refractivity contribution in [2.75, 3.05) is 6.61 Å². The summed E-state index contributed by atoms with van der Waals surface area (Å²) in [5.41, 5.74) is 7.96. The van der Waals surface area contributed by atoms with Crippen LogP contribution in [-0.4, -0.2) is 57.7 Å². The molecular weight excluding hydrogens is 210 g/mol. The van der Waals surface area contributed by atoms with E-state index in [9.17, 15) is 15.3 Å². The second-order valence-corrected chi connectivity index (χ2v) is 2.97. The molecular formula is C6H11N3O6. The average Bonchev–Trinajstić information content (AvgIpc) is 2.23. The van der Waals surface area contributed by atoms with Crippen LogP contribution in [0.2, 0.25) is 0 Å².